The SMILES string of the molecule is CCN(CC)c1ccc(/C=C2\SC(=O)N(Cc3ccc(F)cc3)C2=O)cc1. The fourth-order valence-corrected chi connectivity index (χ4v) is 3.77. The van der Waals surface area contributed by atoms with E-state index in [1.54, 1.807) is 18.2 Å². The number of halogens is 1. The predicted molar refractivity (Wildman–Crippen MR) is 108 cm³/mol. The molecule has 0 aromatic heterocycles. The predicted octanol–water partition coefficient (Wildman–Crippen LogP) is 4.91. The lowest BCUT2D eigenvalue weighted by Crippen LogP contribution is -2.27. The highest BCUT2D eigenvalue weighted by Crippen LogP contribution is 2.33. The number of hydrogen-bond donors (Lipinski definition) is 0. The Kier molecular flexibility index (Phi) is 5.96. The number of rotatable bonds is 6. The maximum absolute atomic E-state index is 13.0. The summed E-state index contributed by atoms with van der Waals surface area (Å²) in [5.74, 6) is -0.664. The van der Waals surface area contributed by atoms with Gasteiger partial charge in [0.15, 0.2) is 0 Å². The van der Waals surface area contributed by atoms with Crippen molar-refractivity contribution in [3.05, 3.63) is 70.4 Å². The monoisotopic (exact) mass is 384 g/mol. The number of benzene rings is 2. The number of hydrogen-bond acceptors (Lipinski definition) is 4. The highest BCUT2D eigenvalue weighted by atomic mass is 32.2. The van der Waals surface area contributed by atoms with E-state index in [-0.39, 0.29) is 23.5 Å². The normalized spacial score (nSPS) is 15.7. The molecular formula is C21H21FN2O2S. The smallest absolute Gasteiger partial charge is 0.293 e. The molecule has 1 heterocycles. The Morgan fingerprint density at radius 2 is 1.63 bits per heavy atom. The Labute approximate surface area is 162 Å². The molecule has 1 aliphatic heterocycles. The van der Waals surface area contributed by atoms with Crippen LogP contribution in [0.3, 0.4) is 0 Å². The first-order valence-electron chi connectivity index (χ1n) is 8.86. The van der Waals surface area contributed by atoms with E-state index in [1.165, 1.54) is 17.0 Å². The zero-order chi connectivity index (χ0) is 19.4. The molecule has 0 unspecified atom stereocenters. The Morgan fingerprint density at radius 3 is 2.22 bits per heavy atom. The first-order chi connectivity index (χ1) is 13.0. The summed E-state index contributed by atoms with van der Waals surface area (Å²) < 4.78 is 13.0. The second-order valence-corrected chi connectivity index (χ2v) is 7.15. The number of amides is 2. The number of thioether (sulfide) groups is 1. The van der Waals surface area contributed by atoms with Crippen LogP contribution in [0.15, 0.2) is 53.4 Å². The number of anilines is 1. The van der Waals surface area contributed by atoms with Gasteiger partial charge in [-0.15, -0.1) is 0 Å². The third-order valence-electron chi connectivity index (χ3n) is 4.45. The van der Waals surface area contributed by atoms with Crippen LogP contribution >= 0.6 is 11.8 Å². The number of carbonyl (C=O) groups is 2. The summed E-state index contributed by atoms with van der Waals surface area (Å²) in [4.78, 5) is 28.6. The molecule has 27 heavy (non-hydrogen) atoms. The maximum Gasteiger partial charge on any atom is 0.293 e. The number of imide groups is 1. The number of nitrogens with zero attached hydrogens (tertiary/aromatic N) is 2. The van der Waals surface area contributed by atoms with Gasteiger partial charge in [-0.05, 0) is 67.1 Å². The first-order valence-corrected chi connectivity index (χ1v) is 9.68. The van der Waals surface area contributed by atoms with Crippen molar-refractivity contribution >= 4 is 34.7 Å². The van der Waals surface area contributed by atoms with Gasteiger partial charge in [0.25, 0.3) is 11.1 Å². The van der Waals surface area contributed by atoms with Crippen LogP contribution in [0.2, 0.25) is 0 Å². The third kappa shape index (κ3) is 4.39. The summed E-state index contributed by atoms with van der Waals surface area (Å²) in [7, 11) is 0. The molecule has 1 aliphatic rings. The van der Waals surface area contributed by atoms with Gasteiger partial charge in [0.2, 0.25) is 0 Å². The minimum Gasteiger partial charge on any atom is -0.372 e. The molecule has 0 radical (unpaired) electrons. The number of carbonyl (C=O) groups excluding carboxylic acids is 2. The summed E-state index contributed by atoms with van der Waals surface area (Å²) in [5, 5.41) is -0.310. The molecule has 3 rings (SSSR count). The van der Waals surface area contributed by atoms with Crippen LogP contribution in [0.25, 0.3) is 6.08 Å². The molecule has 0 spiro atoms. The maximum atomic E-state index is 13.0. The lowest BCUT2D eigenvalue weighted by Gasteiger charge is -2.20. The summed E-state index contributed by atoms with van der Waals surface area (Å²) >= 11 is 0.933. The van der Waals surface area contributed by atoms with Gasteiger partial charge in [0.1, 0.15) is 5.82 Å². The van der Waals surface area contributed by atoms with E-state index in [0.29, 0.717) is 10.5 Å². The van der Waals surface area contributed by atoms with E-state index in [9.17, 15) is 14.0 Å². The molecule has 2 aromatic carbocycles. The summed E-state index contributed by atoms with van der Waals surface area (Å²) in [6.07, 6.45) is 1.74. The Hall–Kier alpha value is -2.60. The van der Waals surface area contributed by atoms with Crippen molar-refractivity contribution in [2.24, 2.45) is 0 Å². The van der Waals surface area contributed by atoms with E-state index >= 15 is 0 Å². The van der Waals surface area contributed by atoms with E-state index in [2.05, 4.69) is 18.7 Å². The van der Waals surface area contributed by atoms with Gasteiger partial charge in [0, 0.05) is 18.8 Å². The van der Waals surface area contributed by atoms with Crippen molar-refractivity contribution < 1.29 is 14.0 Å². The molecule has 0 N–H and O–H groups in total. The molecule has 6 heteroatoms. The van der Waals surface area contributed by atoms with E-state index in [0.717, 1.165) is 36.1 Å². The lowest BCUT2D eigenvalue weighted by atomic mass is 10.1. The van der Waals surface area contributed by atoms with Crippen LogP contribution in [0, 0.1) is 5.82 Å². The average Bonchev–Trinajstić information content (AvgIpc) is 2.93. The highest BCUT2D eigenvalue weighted by molar-refractivity contribution is 8.18. The third-order valence-corrected chi connectivity index (χ3v) is 5.35. The van der Waals surface area contributed by atoms with Crippen molar-refractivity contribution in [1.29, 1.82) is 0 Å². The molecule has 0 saturated carbocycles. The van der Waals surface area contributed by atoms with Crippen LogP contribution in [0.1, 0.15) is 25.0 Å². The van der Waals surface area contributed by atoms with E-state index < -0.39 is 0 Å². The summed E-state index contributed by atoms with van der Waals surface area (Å²) in [5.41, 5.74) is 2.71. The van der Waals surface area contributed by atoms with E-state index in [4.69, 9.17) is 0 Å². The van der Waals surface area contributed by atoms with Crippen LogP contribution in [0.4, 0.5) is 14.9 Å². The minimum atomic E-state index is -0.346. The zero-order valence-corrected chi connectivity index (χ0v) is 16.1. The topological polar surface area (TPSA) is 40.6 Å². The molecule has 2 amide bonds. The first kappa shape index (κ1) is 19.2. The molecule has 4 nitrogen and oxygen atoms in total. The van der Waals surface area contributed by atoms with Gasteiger partial charge in [-0.3, -0.25) is 14.5 Å². The Bertz CT molecular complexity index is 859. The van der Waals surface area contributed by atoms with Gasteiger partial charge in [-0.25, -0.2) is 4.39 Å². The van der Waals surface area contributed by atoms with Crippen molar-refractivity contribution in [2.45, 2.75) is 20.4 Å². The van der Waals surface area contributed by atoms with Crippen LogP contribution in [0.5, 0.6) is 0 Å². The molecule has 1 fully saturated rings. The molecular weight excluding hydrogens is 363 g/mol. The molecule has 2 aromatic rings. The second kappa shape index (κ2) is 8.39. The lowest BCUT2D eigenvalue weighted by molar-refractivity contribution is -0.123. The molecule has 0 bridgehead atoms. The fraction of sp³-hybridized carbons (Fsp3) is 0.238. The van der Waals surface area contributed by atoms with E-state index in [1.807, 2.05) is 24.3 Å². The van der Waals surface area contributed by atoms with Gasteiger partial charge in [-0.1, -0.05) is 24.3 Å². The Balaban J connectivity index is 1.74. The standard InChI is InChI=1S/C21H21FN2O2S/c1-3-23(4-2)18-11-7-15(8-12-18)13-19-20(25)24(21(26)27-19)14-16-5-9-17(22)10-6-16/h5-13H,3-4,14H2,1-2H3/b19-13-. The van der Waals surface area contributed by atoms with Gasteiger partial charge in [-0.2, -0.15) is 0 Å². The minimum absolute atomic E-state index is 0.142. The van der Waals surface area contributed by atoms with Crippen molar-refractivity contribution in [2.75, 3.05) is 18.0 Å². The van der Waals surface area contributed by atoms with Crippen LogP contribution in [-0.2, 0) is 11.3 Å². The quantitative estimate of drug-likeness (QED) is 0.664. The summed E-state index contributed by atoms with van der Waals surface area (Å²) in [6, 6.07) is 13.7. The Morgan fingerprint density at radius 1 is 1.00 bits per heavy atom. The molecule has 0 atom stereocenters. The largest absolute Gasteiger partial charge is 0.372 e. The molecule has 0 aliphatic carbocycles. The van der Waals surface area contributed by atoms with Crippen LogP contribution in [-0.4, -0.2) is 29.1 Å². The van der Waals surface area contributed by atoms with Crippen LogP contribution < -0.4 is 4.90 Å². The molecule has 140 valence electrons. The van der Waals surface area contributed by atoms with Crippen molar-refractivity contribution in [1.82, 2.24) is 4.90 Å². The average molecular weight is 384 g/mol. The summed E-state index contributed by atoms with van der Waals surface area (Å²) in [6.45, 7) is 6.21. The van der Waals surface area contributed by atoms with Crippen molar-refractivity contribution in [3.63, 3.8) is 0 Å². The van der Waals surface area contributed by atoms with Gasteiger partial charge >= 0.3 is 0 Å². The second-order valence-electron chi connectivity index (χ2n) is 6.16. The van der Waals surface area contributed by atoms with Gasteiger partial charge < -0.3 is 4.90 Å². The molecule has 1 saturated heterocycles. The van der Waals surface area contributed by atoms with Gasteiger partial charge in [0.05, 0.1) is 11.4 Å². The van der Waals surface area contributed by atoms with Crippen molar-refractivity contribution in [3.8, 4) is 0 Å². The fourth-order valence-electron chi connectivity index (χ4n) is 2.93. The zero-order valence-electron chi connectivity index (χ0n) is 15.3. The highest BCUT2D eigenvalue weighted by Gasteiger charge is 2.34.